The van der Waals surface area contributed by atoms with Crippen molar-refractivity contribution in [2.24, 2.45) is 0 Å². The number of hydrogen-bond acceptors (Lipinski definition) is 8. The van der Waals surface area contributed by atoms with Crippen LogP contribution >= 0.6 is 0 Å². The number of nitrogens with one attached hydrogen (secondary N) is 1. The monoisotopic (exact) mass is 431 g/mol. The third-order valence-corrected chi connectivity index (χ3v) is 5.19. The molecule has 5 rings (SSSR count). The van der Waals surface area contributed by atoms with E-state index in [2.05, 4.69) is 25.5 Å². The van der Waals surface area contributed by atoms with Crippen molar-refractivity contribution in [3.8, 4) is 17.1 Å². The zero-order valence-corrected chi connectivity index (χ0v) is 17.2. The Balaban J connectivity index is 1.45. The summed E-state index contributed by atoms with van der Waals surface area (Å²) in [5.74, 6) is 1.28. The number of benzene rings is 1. The fourth-order valence-corrected chi connectivity index (χ4v) is 3.62. The lowest BCUT2D eigenvalue weighted by Crippen LogP contribution is -2.38. The van der Waals surface area contributed by atoms with Gasteiger partial charge >= 0.3 is 0 Å². The van der Waals surface area contributed by atoms with Gasteiger partial charge in [-0.1, -0.05) is 41.6 Å². The smallest absolute Gasteiger partial charge is 0.259 e. The van der Waals surface area contributed by atoms with E-state index in [4.69, 9.17) is 9.26 Å². The number of carbonyl (C=O) groups excluding carboxylic acids is 1. The Kier molecular flexibility index (Phi) is 5.58. The lowest BCUT2D eigenvalue weighted by atomic mass is 10.1. The van der Waals surface area contributed by atoms with Crippen molar-refractivity contribution in [1.82, 2.24) is 30.2 Å². The van der Waals surface area contributed by atoms with Crippen LogP contribution in [0.5, 0.6) is 0 Å². The molecular weight excluding hydrogens is 410 g/mol. The maximum Gasteiger partial charge on any atom is 0.259 e. The van der Waals surface area contributed by atoms with Gasteiger partial charge in [-0.3, -0.25) is 4.79 Å². The number of nitrogens with zero attached hydrogens (tertiary/aromatic N) is 6. The number of pyridine rings is 1. The van der Waals surface area contributed by atoms with Gasteiger partial charge in [0.15, 0.2) is 17.4 Å². The van der Waals surface area contributed by atoms with Gasteiger partial charge in [0.25, 0.3) is 5.91 Å². The van der Waals surface area contributed by atoms with Gasteiger partial charge in [0.1, 0.15) is 18.2 Å². The molecule has 4 aromatic rings. The number of amides is 1. The summed E-state index contributed by atoms with van der Waals surface area (Å²) >= 11 is 0. The standard InChI is InChI=1S/C22H21N7O3/c30-22(25-13-17-7-4-8-24-20(17)29-15-23-14-26-29)18-19(16-5-2-1-3-6-16)32-27-21(18)28-9-11-31-12-10-28/h1-8,14-15H,9-13H2,(H,25,30). The van der Waals surface area contributed by atoms with E-state index < -0.39 is 0 Å². The first-order valence-electron chi connectivity index (χ1n) is 10.3. The first-order valence-corrected chi connectivity index (χ1v) is 10.3. The predicted octanol–water partition coefficient (Wildman–Crippen LogP) is 2.08. The number of rotatable bonds is 6. The molecule has 0 bridgehead atoms. The van der Waals surface area contributed by atoms with E-state index in [0.717, 1.165) is 11.1 Å². The lowest BCUT2D eigenvalue weighted by Gasteiger charge is -2.27. The molecule has 10 nitrogen and oxygen atoms in total. The van der Waals surface area contributed by atoms with Crippen molar-refractivity contribution in [2.75, 3.05) is 31.2 Å². The summed E-state index contributed by atoms with van der Waals surface area (Å²) < 4.78 is 12.7. The molecule has 0 aliphatic carbocycles. The van der Waals surface area contributed by atoms with Crippen LogP contribution in [0.2, 0.25) is 0 Å². The van der Waals surface area contributed by atoms with Crippen molar-refractivity contribution < 1.29 is 14.1 Å². The van der Waals surface area contributed by atoms with Gasteiger partial charge in [-0.25, -0.2) is 14.6 Å². The number of carbonyl (C=O) groups is 1. The third-order valence-electron chi connectivity index (χ3n) is 5.19. The van der Waals surface area contributed by atoms with Gasteiger partial charge in [-0.15, -0.1) is 0 Å². The highest BCUT2D eigenvalue weighted by atomic mass is 16.5. The molecule has 1 fully saturated rings. The van der Waals surface area contributed by atoms with E-state index in [0.29, 0.717) is 49.3 Å². The van der Waals surface area contributed by atoms with Crippen molar-refractivity contribution >= 4 is 11.7 Å². The summed E-state index contributed by atoms with van der Waals surface area (Å²) in [5.41, 5.74) is 2.00. The Morgan fingerprint density at radius 2 is 1.91 bits per heavy atom. The highest BCUT2D eigenvalue weighted by molar-refractivity contribution is 6.04. The second kappa shape index (κ2) is 8.98. The first-order chi connectivity index (χ1) is 15.8. The average molecular weight is 431 g/mol. The molecule has 10 heteroatoms. The summed E-state index contributed by atoms with van der Waals surface area (Å²) in [4.78, 5) is 23.8. The Hall–Kier alpha value is -4.05. The van der Waals surface area contributed by atoms with Crippen LogP contribution in [-0.2, 0) is 11.3 Å². The van der Waals surface area contributed by atoms with E-state index in [1.807, 2.05) is 47.4 Å². The Morgan fingerprint density at radius 1 is 1.06 bits per heavy atom. The van der Waals surface area contributed by atoms with Gasteiger partial charge < -0.3 is 19.5 Å². The molecule has 0 radical (unpaired) electrons. The summed E-state index contributed by atoms with van der Waals surface area (Å²) in [7, 11) is 0. The highest BCUT2D eigenvalue weighted by Gasteiger charge is 2.28. The van der Waals surface area contributed by atoms with Gasteiger partial charge in [-0.2, -0.15) is 5.10 Å². The summed E-state index contributed by atoms with van der Waals surface area (Å²) in [6, 6.07) is 13.2. The van der Waals surface area contributed by atoms with Crippen molar-refractivity contribution in [3.05, 3.63) is 72.4 Å². The summed E-state index contributed by atoms with van der Waals surface area (Å²) in [6.07, 6.45) is 4.68. The Labute approximate surface area is 183 Å². The zero-order chi connectivity index (χ0) is 21.8. The number of aromatic nitrogens is 5. The average Bonchev–Trinajstić information content (AvgIpc) is 3.54. The Bertz CT molecular complexity index is 1190. The molecule has 0 spiro atoms. The minimum atomic E-state index is -0.278. The SMILES string of the molecule is O=C(NCc1cccnc1-n1cncn1)c1c(N2CCOCC2)noc1-c1ccccc1. The predicted molar refractivity (Wildman–Crippen MR) is 115 cm³/mol. The summed E-state index contributed by atoms with van der Waals surface area (Å²) in [5, 5.41) is 11.4. The van der Waals surface area contributed by atoms with Crippen LogP contribution in [0.4, 0.5) is 5.82 Å². The van der Waals surface area contributed by atoms with Gasteiger partial charge in [0, 0.05) is 37.0 Å². The topological polar surface area (TPSA) is 111 Å². The van der Waals surface area contributed by atoms with Crippen LogP contribution in [0.1, 0.15) is 15.9 Å². The second-order valence-corrected chi connectivity index (χ2v) is 7.18. The molecule has 4 heterocycles. The fraction of sp³-hybridized carbons (Fsp3) is 0.227. The molecule has 0 saturated carbocycles. The molecule has 1 amide bonds. The van der Waals surface area contributed by atoms with Crippen molar-refractivity contribution in [2.45, 2.75) is 6.54 Å². The number of ether oxygens (including phenoxy) is 1. The minimum absolute atomic E-state index is 0.254. The van der Waals surface area contributed by atoms with Crippen molar-refractivity contribution in [1.29, 1.82) is 0 Å². The lowest BCUT2D eigenvalue weighted by molar-refractivity contribution is 0.0949. The van der Waals surface area contributed by atoms with Gasteiger partial charge in [0.2, 0.25) is 0 Å². The van der Waals surface area contributed by atoms with Crippen LogP contribution in [0, 0.1) is 0 Å². The van der Waals surface area contributed by atoms with E-state index >= 15 is 0 Å². The number of anilines is 1. The minimum Gasteiger partial charge on any atom is -0.378 e. The fourth-order valence-electron chi connectivity index (χ4n) is 3.62. The van der Waals surface area contributed by atoms with Crippen LogP contribution in [0.3, 0.4) is 0 Å². The van der Waals surface area contributed by atoms with Crippen LogP contribution in [0.15, 0.2) is 65.8 Å². The van der Waals surface area contributed by atoms with E-state index in [1.54, 1.807) is 17.2 Å². The maximum absolute atomic E-state index is 13.4. The molecule has 0 atom stereocenters. The maximum atomic E-state index is 13.4. The van der Waals surface area contributed by atoms with Gasteiger partial charge in [-0.05, 0) is 6.07 Å². The number of hydrogen-bond donors (Lipinski definition) is 1. The Morgan fingerprint density at radius 3 is 2.69 bits per heavy atom. The van der Waals surface area contributed by atoms with Gasteiger partial charge in [0.05, 0.1) is 13.2 Å². The molecule has 1 saturated heterocycles. The quantitative estimate of drug-likeness (QED) is 0.494. The molecule has 1 N–H and O–H groups in total. The molecule has 1 aromatic carbocycles. The molecule has 1 aliphatic heterocycles. The molecule has 0 unspecified atom stereocenters. The van der Waals surface area contributed by atoms with E-state index in [-0.39, 0.29) is 12.5 Å². The van der Waals surface area contributed by atoms with Crippen LogP contribution in [0.25, 0.3) is 17.1 Å². The van der Waals surface area contributed by atoms with E-state index in [9.17, 15) is 4.79 Å². The highest BCUT2D eigenvalue weighted by Crippen LogP contribution is 2.32. The van der Waals surface area contributed by atoms with Crippen LogP contribution < -0.4 is 10.2 Å². The summed E-state index contributed by atoms with van der Waals surface area (Å²) in [6.45, 7) is 2.68. The normalized spacial score (nSPS) is 13.8. The molecule has 3 aromatic heterocycles. The number of morpholine rings is 1. The molecule has 32 heavy (non-hydrogen) atoms. The zero-order valence-electron chi connectivity index (χ0n) is 17.2. The van der Waals surface area contributed by atoms with Crippen molar-refractivity contribution in [3.63, 3.8) is 0 Å². The second-order valence-electron chi connectivity index (χ2n) is 7.18. The van der Waals surface area contributed by atoms with Crippen LogP contribution in [-0.4, -0.2) is 57.1 Å². The third kappa shape index (κ3) is 3.95. The largest absolute Gasteiger partial charge is 0.378 e. The molecule has 162 valence electrons. The molecular formula is C22H21N7O3. The molecule has 1 aliphatic rings. The first kappa shape index (κ1) is 19.9. The van der Waals surface area contributed by atoms with E-state index in [1.165, 1.54) is 6.33 Å².